The number of imidazole rings is 1. The summed E-state index contributed by atoms with van der Waals surface area (Å²) in [7, 11) is 4.48. The van der Waals surface area contributed by atoms with Crippen LogP contribution in [0.2, 0.25) is 0 Å². The Kier molecular flexibility index (Phi) is 6.85. The molecule has 0 spiro atoms. The van der Waals surface area contributed by atoms with E-state index in [0.717, 1.165) is 11.8 Å². The molecule has 1 N–H and O–H groups in total. The minimum absolute atomic E-state index is 0.164. The summed E-state index contributed by atoms with van der Waals surface area (Å²) in [5.74, 6) is -0.272. The zero-order valence-electron chi connectivity index (χ0n) is 19.8. The number of ether oxygens (including phenoxy) is 3. The van der Waals surface area contributed by atoms with E-state index in [9.17, 15) is 9.65 Å². The highest BCUT2D eigenvalue weighted by Gasteiger charge is 2.24. The average molecular weight is 478 g/mol. The van der Waals surface area contributed by atoms with Crippen molar-refractivity contribution in [1.29, 1.82) is 5.26 Å². The van der Waals surface area contributed by atoms with Crippen molar-refractivity contribution in [3.8, 4) is 45.7 Å². The van der Waals surface area contributed by atoms with E-state index in [1.54, 1.807) is 28.8 Å². The molecule has 0 aliphatic heterocycles. The monoisotopic (exact) mass is 478 g/mol. The highest BCUT2D eigenvalue weighted by Crippen LogP contribution is 2.46. The fourth-order valence-corrected chi connectivity index (χ4v) is 4.14. The molecule has 4 rings (SSSR count). The van der Waals surface area contributed by atoms with Gasteiger partial charge < -0.3 is 19.5 Å². The Morgan fingerprint density at radius 3 is 2.34 bits per heavy atom. The summed E-state index contributed by atoms with van der Waals surface area (Å²) in [6.07, 6.45) is 1.64. The van der Waals surface area contributed by atoms with Crippen LogP contribution in [0.3, 0.4) is 0 Å². The Morgan fingerprint density at radius 2 is 1.71 bits per heavy atom. The summed E-state index contributed by atoms with van der Waals surface area (Å²) >= 11 is 0. The summed E-state index contributed by atoms with van der Waals surface area (Å²) < 4.78 is 47.0. The van der Waals surface area contributed by atoms with E-state index in [1.807, 2.05) is 6.92 Å². The topological polar surface area (TPSA) is 80.8 Å². The average Bonchev–Trinajstić information content (AvgIpc) is 3.29. The molecule has 2 heterocycles. The van der Waals surface area contributed by atoms with Gasteiger partial charge >= 0.3 is 0 Å². The first-order valence-corrected chi connectivity index (χ1v) is 10.9. The van der Waals surface area contributed by atoms with Gasteiger partial charge in [-0.2, -0.15) is 5.26 Å². The van der Waals surface area contributed by atoms with Gasteiger partial charge in [0, 0.05) is 29.3 Å². The molecule has 0 radical (unpaired) electrons. The van der Waals surface area contributed by atoms with Gasteiger partial charge in [0.15, 0.2) is 17.1 Å². The molecule has 4 aromatic rings. The van der Waals surface area contributed by atoms with Crippen LogP contribution < -0.4 is 19.5 Å². The van der Waals surface area contributed by atoms with Gasteiger partial charge in [0.2, 0.25) is 5.75 Å². The number of halogens is 2. The van der Waals surface area contributed by atoms with Crippen LogP contribution >= 0.6 is 0 Å². The lowest BCUT2D eigenvalue weighted by atomic mass is 9.96. The van der Waals surface area contributed by atoms with Gasteiger partial charge in [-0.3, -0.25) is 4.40 Å². The fourth-order valence-electron chi connectivity index (χ4n) is 4.14. The molecule has 180 valence electrons. The Labute approximate surface area is 201 Å². The molecular formula is C26H24F2N4O3. The van der Waals surface area contributed by atoms with Gasteiger partial charge in [0.1, 0.15) is 23.3 Å². The molecule has 0 bridgehead atoms. The van der Waals surface area contributed by atoms with Gasteiger partial charge in [-0.25, -0.2) is 13.8 Å². The predicted octanol–water partition coefficient (Wildman–Crippen LogP) is 4.95. The number of hydrogen-bond acceptors (Lipinski definition) is 6. The molecule has 0 unspecified atom stereocenters. The molecule has 0 fully saturated rings. The normalized spacial score (nSPS) is 10.9. The van der Waals surface area contributed by atoms with Crippen LogP contribution in [-0.2, 0) is 6.54 Å². The maximum absolute atomic E-state index is 15.0. The van der Waals surface area contributed by atoms with Crippen molar-refractivity contribution in [3.05, 3.63) is 65.5 Å². The van der Waals surface area contributed by atoms with E-state index in [2.05, 4.69) is 16.4 Å². The highest BCUT2D eigenvalue weighted by atomic mass is 19.1. The van der Waals surface area contributed by atoms with Crippen LogP contribution in [0.5, 0.6) is 17.2 Å². The number of hydrogen-bond donors (Lipinski definition) is 1. The van der Waals surface area contributed by atoms with E-state index in [1.165, 1.54) is 33.5 Å². The van der Waals surface area contributed by atoms with Crippen molar-refractivity contribution in [1.82, 2.24) is 14.7 Å². The number of methoxy groups -OCH3 is 3. The zero-order valence-corrected chi connectivity index (χ0v) is 19.8. The second kappa shape index (κ2) is 9.99. The minimum Gasteiger partial charge on any atom is -0.493 e. The summed E-state index contributed by atoms with van der Waals surface area (Å²) in [6.45, 7) is 3.11. The third-order valence-corrected chi connectivity index (χ3v) is 5.72. The number of nitrogens with one attached hydrogen (secondary N) is 1. The summed E-state index contributed by atoms with van der Waals surface area (Å²) in [4.78, 5) is 4.50. The minimum atomic E-state index is -0.732. The molecule has 0 saturated carbocycles. The summed E-state index contributed by atoms with van der Waals surface area (Å²) in [5, 5.41) is 13.4. The number of nitriles is 1. The van der Waals surface area contributed by atoms with Crippen LogP contribution in [0.4, 0.5) is 8.78 Å². The molecule has 0 atom stereocenters. The van der Waals surface area contributed by atoms with E-state index in [-0.39, 0.29) is 11.1 Å². The van der Waals surface area contributed by atoms with Gasteiger partial charge in [-0.05, 0) is 36.9 Å². The molecular weight excluding hydrogens is 454 g/mol. The van der Waals surface area contributed by atoms with Crippen LogP contribution in [0.1, 0.15) is 18.2 Å². The molecule has 0 amide bonds. The predicted molar refractivity (Wildman–Crippen MR) is 128 cm³/mol. The SMILES string of the molecule is CCNCc1cnc2c(C#N)c(-c3ccc(OC)c(OC)c3OC)cc(-c3ccc(F)cc3F)n12. The Balaban J connectivity index is 2.12. The number of nitrogens with zero attached hydrogens (tertiary/aromatic N) is 3. The van der Waals surface area contributed by atoms with Crippen molar-refractivity contribution in [2.24, 2.45) is 0 Å². The first-order valence-electron chi connectivity index (χ1n) is 10.9. The van der Waals surface area contributed by atoms with Gasteiger partial charge in [0.05, 0.1) is 38.9 Å². The quantitative estimate of drug-likeness (QED) is 0.386. The van der Waals surface area contributed by atoms with E-state index in [4.69, 9.17) is 14.2 Å². The number of rotatable bonds is 8. The Bertz CT molecular complexity index is 1440. The molecule has 0 aliphatic carbocycles. The molecule has 2 aromatic heterocycles. The Hall–Kier alpha value is -4.16. The van der Waals surface area contributed by atoms with Gasteiger partial charge in [-0.1, -0.05) is 6.92 Å². The van der Waals surface area contributed by atoms with Gasteiger partial charge in [0.25, 0.3) is 0 Å². The van der Waals surface area contributed by atoms with Crippen LogP contribution in [0.15, 0.2) is 42.6 Å². The summed E-state index contributed by atoms with van der Waals surface area (Å²) in [6, 6.07) is 10.8. The first kappa shape index (κ1) is 24.0. The van der Waals surface area contributed by atoms with Crippen LogP contribution in [0.25, 0.3) is 28.0 Å². The molecule has 0 aliphatic rings. The van der Waals surface area contributed by atoms with Crippen LogP contribution in [0, 0.1) is 23.0 Å². The number of pyridine rings is 1. The fraction of sp³-hybridized carbons (Fsp3) is 0.231. The number of benzene rings is 2. The van der Waals surface area contributed by atoms with E-state index in [0.29, 0.717) is 52.8 Å². The lowest BCUT2D eigenvalue weighted by Gasteiger charge is -2.19. The molecule has 0 saturated heterocycles. The standard InChI is InChI=1S/C26H24F2N4O3/c1-5-30-13-16-14-31-26-20(12-29)19(17-8-9-23(33-2)25(35-4)24(17)34-3)11-22(32(16)26)18-7-6-15(27)10-21(18)28/h6-11,14,30H,5,13H2,1-4H3. The second-order valence-corrected chi connectivity index (χ2v) is 7.62. The van der Waals surface area contributed by atoms with Crippen molar-refractivity contribution >= 4 is 5.65 Å². The van der Waals surface area contributed by atoms with Crippen LogP contribution in [-0.4, -0.2) is 37.3 Å². The number of aromatic nitrogens is 2. The first-order chi connectivity index (χ1) is 17.0. The lowest BCUT2D eigenvalue weighted by Crippen LogP contribution is -2.14. The largest absolute Gasteiger partial charge is 0.493 e. The number of fused-ring (bicyclic) bond motifs is 1. The molecule has 35 heavy (non-hydrogen) atoms. The maximum Gasteiger partial charge on any atom is 0.203 e. The Morgan fingerprint density at radius 1 is 0.971 bits per heavy atom. The third-order valence-electron chi connectivity index (χ3n) is 5.72. The highest BCUT2D eigenvalue weighted by molar-refractivity contribution is 5.87. The van der Waals surface area contributed by atoms with Crippen molar-refractivity contribution in [3.63, 3.8) is 0 Å². The maximum atomic E-state index is 15.0. The smallest absolute Gasteiger partial charge is 0.203 e. The van der Waals surface area contributed by atoms with Crippen molar-refractivity contribution in [2.75, 3.05) is 27.9 Å². The molecule has 2 aromatic carbocycles. The lowest BCUT2D eigenvalue weighted by molar-refractivity contribution is 0.325. The summed E-state index contributed by atoms with van der Waals surface area (Å²) in [5.41, 5.74) is 2.90. The van der Waals surface area contributed by atoms with Gasteiger partial charge in [-0.15, -0.1) is 0 Å². The van der Waals surface area contributed by atoms with E-state index < -0.39 is 11.6 Å². The zero-order chi connectivity index (χ0) is 25.1. The van der Waals surface area contributed by atoms with Crippen molar-refractivity contribution < 1.29 is 23.0 Å². The molecule has 7 nitrogen and oxygen atoms in total. The third kappa shape index (κ3) is 4.13. The van der Waals surface area contributed by atoms with E-state index >= 15 is 4.39 Å². The second-order valence-electron chi connectivity index (χ2n) is 7.62. The molecule has 9 heteroatoms. The van der Waals surface area contributed by atoms with Crippen molar-refractivity contribution in [2.45, 2.75) is 13.5 Å².